The van der Waals surface area contributed by atoms with Gasteiger partial charge in [0.1, 0.15) is 0 Å². The third kappa shape index (κ3) is 4.84. The second-order valence-corrected chi connectivity index (χ2v) is 12.0. The summed E-state index contributed by atoms with van der Waals surface area (Å²) < 4.78 is 0. The number of allylic oxidation sites excluding steroid dienone is 8. The first-order chi connectivity index (χ1) is 17.7. The van der Waals surface area contributed by atoms with E-state index in [9.17, 15) is 0 Å². The van der Waals surface area contributed by atoms with Crippen LogP contribution in [0.3, 0.4) is 0 Å². The first kappa shape index (κ1) is 23.8. The molecule has 6 rings (SSSR count). The van der Waals surface area contributed by atoms with Gasteiger partial charge < -0.3 is 0 Å². The van der Waals surface area contributed by atoms with Gasteiger partial charge in [0.15, 0.2) is 0 Å². The van der Waals surface area contributed by atoms with E-state index in [0.29, 0.717) is 5.92 Å². The van der Waals surface area contributed by atoms with Gasteiger partial charge in [0.2, 0.25) is 0 Å². The van der Waals surface area contributed by atoms with E-state index in [2.05, 4.69) is 86.7 Å². The number of rotatable bonds is 7. The summed E-state index contributed by atoms with van der Waals surface area (Å²) in [6, 6.07) is 16.8. The zero-order chi connectivity index (χ0) is 24.5. The predicted molar refractivity (Wildman–Crippen MR) is 154 cm³/mol. The molecule has 0 amide bonds. The van der Waals surface area contributed by atoms with Crippen molar-refractivity contribution in [3.8, 4) is 0 Å². The Morgan fingerprint density at radius 2 is 1.58 bits per heavy atom. The maximum Gasteiger partial charge on any atom is 0.0281 e. The molecule has 0 aliphatic heterocycles. The normalized spacial score (nSPS) is 25.6. The minimum Gasteiger partial charge on any atom is -0.0726 e. The molecule has 0 heterocycles. The Hall–Kier alpha value is -2.60. The van der Waals surface area contributed by atoms with Crippen molar-refractivity contribution in [2.24, 2.45) is 23.7 Å². The van der Waals surface area contributed by atoms with Crippen molar-refractivity contribution in [2.75, 3.05) is 0 Å². The molecule has 2 atom stereocenters. The first-order valence-electron chi connectivity index (χ1n) is 14.7. The fraction of sp³-hybridized carbons (Fsp3) is 0.444. The van der Waals surface area contributed by atoms with Crippen molar-refractivity contribution < 1.29 is 0 Å². The van der Waals surface area contributed by atoms with Crippen LogP contribution in [-0.2, 0) is 25.7 Å². The lowest BCUT2D eigenvalue weighted by Gasteiger charge is -2.32. The van der Waals surface area contributed by atoms with E-state index >= 15 is 0 Å². The van der Waals surface area contributed by atoms with Gasteiger partial charge >= 0.3 is 0 Å². The lowest BCUT2D eigenvalue weighted by atomic mass is 9.74. The van der Waals surface area contributed by atoms with E-state index in [4.69, 9.17) is 0 Å². The highest BCUT2D eigenvalue weighted by atomic mass is 14.3. The molecule has 0 saturated heterocycles. The molecule has 1 fully saturated rings. The van der Waals surface area contributed by atoms with Crippen LogP contribution in [0.5, 0.6) is 0 Å². The van der Waals surface area contributed by atoms with Crippen LogP contribution in [0.25, 0.3) is 5.57 Å². The van der Waals surface area contributed by atoms with Gasteiger partial charge in [-0.15, -0.1) is 0 Å². The molecular formula is C36H42. The molecule has 0 radical (unpaired) electrons. The average molecular weight is 475 g/mol. The van der Waals surface area contributed by atoms with Crippen LogP contribution in [0.15, 0.2) is 84.0 Å². The molecular weight excluding hydrogens is 432 g/mol. The fourth-order valence-corrected chi connectivity index (χ4v) is 7.28. The summed E-state index contributed by atoms with van der Waals surface area (Å²) in [5, 5.41) is 0. The molecule has 0 spiro atoms. The molecule has 186 valence electrons. The highest BCUT2D eigenvalue weighted by molar-refractivity contribution is 5.79. The Morgan fingerprint density at radius 1 is 0.806 bits per heavy atom. The molecule has 2 unspecified atom stereocenters. The van der Waals surface area contributed by atoms with Gasteiger partial charge in [-0.1, -0.05) is 93.1 Å². The second-order valence-electron chi connectivity index (χ2n) is 12.0. The third-order valence-corrected chi connectivity index (χ3v) is 9.80. The number of hydrogen-bond acceptors (Lipinski definition) is 0. The Morgan fingerprint density at radius 3 is 2.39 bits per heavy atom. The van der Waals surface area contributed by atoms with Gasteiger partial charge in [0, 0.05) is 5.92 Å². The number of fused-ring (bicyclic) bond motifs is 2. The Labute approximate surface area is 218 Å². The molecule has 0 N–H and O–H groups in total. The Kier molecular flexibility index (Phi) is 6.87. The number of benzene rings is 2. The highest BCUT2D eigenvalue weighted by Crippen LogP contribution is 2.42. The van der Waals surface area contributed by atoms with Crippen LogP contribution in [0.1, 0.15) is 80.2 Å². The predicted octanol–water partition coefficient (Wildman–Crippen LogP) is 9.25. The molecule has 4 aliphatic carbocycles. The molecule has 0 aromatic heterocycles. The molecule has 2 aromatic carbocycles. The summed E-state index contributed by atoms with van der Waals surface area (Å²) in [6.07, 6.45) is 25.0. The Balaban J connectivity index is 1.11. The first-order valence-corrected chi connectivity index (χ1v) is 14.7. The fourth-order valence-electron chi connectivity index (χ4n) is 7.28. The lowest BCUT2D eigenvalue weighted by Crippen LogP contribution is -2.21. The van der Waals surface area contributed by atoms with Gasteiger partial charge in [-0.25, -0.2) is 0 Å². The van der Waals surface area contributed by atoms with E-state index in [1.165, 1.54) is 91.2 Å². The van der Waals surface area contributed by atoms with Gasteiger partial charge in [-0.3, -0.25) is 0 Å². The van der Waals surface area contributed by atoms with Crippen LogP contribution in [0.2, 0.25) is 0 Å². The standard InChI is InChI=1S/C36H42/c1-3-25(2)29-16-14-27(15-17-29)22-26-10-12-28(13-11-26)23-32-20-21-35(36-9-5-8-34(32)36)33-19-18-30-6-4-7-31(30)24-33/h5,8-13,18-21,24-25,27,29,36H,3-4,6-7,14-17,22-23H2,1-2H3. The topological polar surface area (TPSA) is 0 Å². The van der Waals surface area contributed by atoms with Crippen molar-refractivity contribution in [2.45, 2.75) is 78.1 Å². The number of hydrogen-bond donors (Lipinski definition) is 0. The monoisotopic (exact) mass is 474 g/mol. The SMILES string of the molecule is CCC(C)C1CCC(Cc2ccc(CC3=CC=C(c4ccc5c(c4)CCC5)C4C=CC=C34)cc2)CC1. The van der Waals surface area contributed by atoms with E-state index in [-0.39, 0.29) is 0 Å². The van der Waals surface area contributed by atoms with Crippen molar-refractivity contribution >= 4 is 5.57 Å². The molecule has 0 nitrogen and oxygen atoms in total. The van der Waals surface area contributed by atoms with Crippen LogP contribution < -0.4 is 0 Å². The van der Waals surface area contributed by atoms with Crippen LogP contribution >= 0.6 is 0 Å². The van der Waals surface area contributed by atoms with Crippen LogP contribution in [-0.4, -0.2) is 0 Å². The van der Waals surface area contributed by atoms with Crippen molar-refractivity contribution in [1.82, 2.24) is 0 Å². The molecule has 2 aromatic rings. The zero-order valence-corrected chi connectivity index (χ0v) is 22.3. The second kappa shape index (κ2) is 10.4. The summed E-state index contributed by atoms with van der Waals surface area (Å²) in [6.45, 7) is 4.81. The minimum absolute atomic E-state index is 0.411. The van der Waals surface area contributed by atoms with E-state index in [1.54, 1.807) is 11.1 Å². The van der Waals surface area contributed by atoms with Crippen molar-refractivity contribution in [1.29, 1.82) is 0 Å². The van der Waals surface area contributed by atoms with Gasteiger partial charge in [0.05, 0.1) is 0 Å². The third-order valence-electron chi connectivity index (χ3n) is 9.80. The van der Waals surface area contributed by atoms with Gasteiger partial charge in [-0.2, -0.15) is 0 Å². The van der Waals surface area contributed by atoms with Crippen LogP contribution in [0, 0.1) is 23.7 Å². The molecule has 4 aliphatic rings. The number of aryl methyl sites for hydroxylation is 2. The summed E-state index contributed by atoms with van der Waals surface area (Å²) in [5.41, 5.74) is 11.9. The molecule has 1 saturated carbocycles. The Bertz CT molecular complexity index is 1210. The minimum atomic E-state index is 0.411. The van der Waals surface area contributed by atoms with E-state index in [0.717, 1.165) is 24.2 Å². The molecule has 0 heteroatoms. The van der Waals surface area contributed by atoms with Crippen molar-refractivity contribution in [3.63, 3.8) is 0 Å². The molecule has 36 heavy (non-hydrogen) atoms. The summed E-state index contributed by atoms with van der Waals surface area (Å²) in [7, 11) is 0. The van der Waals surface area contributed by atoms with Crippen LogP contribution in [0.4, 0.5) is 0 Å². The van der Waals surface area contributed by atoms with Crippen molar-refractivity contribution in [3.05, 3.63) is 112 Å². The van der Waals surface area contributed by atoms with Gasteiger partial charge in [0.25, 0.3) is 0 Å². The van der Waals surface area contributed by atoms with E-state index < -0.39 is 0 Å². The average Bonchev–Trinajstić information content (AvgIpc) is 3.60. The highest BCUT2D eigenvalue weighted by Gasteiger charge is 2.27. The smallest absolute Gasteiger partial charge is 0.0281 e. The quantitative estimate of drug-likeness (QED) is 0.375. The summed E-state index contributed by atoms with van der Waals surface area (Å²) in [5.74, 6) is 3.17. The van der Waals surface area contributed by atoms with E-state index in [1.807, 2.05) is 0 Å². The summed E-state index contributed by atoms with van der Waals surface area (Å²) >= 11 is 0. The maximum atomic E-state index is 2.46. The largest absolute Gasteiger partial charge is 0.0726 e. The lowest BCUT2D eigenvalue weighted by molar-refractivity contribution is 0.210. The van der Waals surface area contributed by atoms with Gasteiger partial charge in [-0.05, 0) is 120 Å². The molecule has 0 bridgehead atoms. The maximum absolute atomic E-state index is 2.46. The summed E-state index contributed by atoms with van der Waals surface area (Å²) in [4.78, 5) is 0. The zero-order valence-electron chi connectivity index (χ0n) is 22.3.